The molecule has 1 amide bonds. The van der Waals surface area contributed by atoms with Gasteiger partial charge in [0.2, 0.25) is 0 Å². The number of nitrogens with zero attached hydrogens (tertiary/aromatic N) is 2. The second kappa shape index (κ2) is 6.67. The molecule has 0 aliphatic carbocycles. The summed E-state index contributed by atoms with van der Waals surface area (Å²) in [5.74, 6) is 0.341. The quantitative estimate of drug-likeness (QED) is 0.785. The van der Waals surface area contributed by atoms with Crippen LogP contribution in [-0.4, -0.2) is 22.6 Å². The number of amides is 1. The van der Waals surface area contributed by atoms with Gasteiger partial charge in [-0.25, -0.2) is 0 Å². The van der Waals surface area contributed by atoms with Crippen LogP contribution >= 0.6 is 0 Å². The van der Waals surface area contributed by atoms with E-state index in [1.165, 1.54) is 0 Å². The Morgan fingerprint density at radius 2 is 2.00 bits per heavy atom. The molecule has 5 nitrogen and oxygen atoms in total. The summed E-state index contributed by atoms with van der Waals surface area (Å²) in [6, 6.07) is 15.1. The highest BCUT2D eigenvalue weighted by Gasteiger charge is 2.12. The molecule has 0 spiro atoms. The topological polar surface area (TPSA) is 68.0 Å². The lowest BCUT2D eigenvalue weighted by Gasteiger charge is -2.02. The Kier molecular flexibility index (Phi) is 4.25. The molecular formula is C17H15N3O2. The van der Waals surface area contributed by atoms with E-state index < -0.39 is 0 Å². The van der Waals surface area contributed by atoms with Crippen LogP contribution in [0.2, 0.25) is 0 Å². The molecule has 1 aromatic carbocycles. The summed E-state index contributed by atoms with van der Waals surface area (Å²) in [5, 5.41) is 6.64. The van der Waals surface area contributed by atoms with Crippen molar-refractivity contribution in [1.82, 2.24) is 15.5 Å². The van der Waals surface area contributed by atoms with Crippen LogP contribution in [0.1, 0.15) is 16.1 Å². The highest BCUT2D eigenvalue weighted by Crippen LogP contribution is 2.19. The van der Waals surface area contributed by atoms with Gasteiger partial charge in [-0.3, -0.25) is 9.78 Å². The van der Waals surface area contributed by atoms with E-state index in [1.807, 2.05) is 42.5 Å². The van der Waals surface area contributed by atoms with Crippen molar-refractivity contribution in [3.8, 4) is 11.3 Å². The van der Waals surface area contributed by atoms with E-state index in [0.717, 1.165) is 17.5 Å². The lowest BCUT2D eigenvalue weighted by atomic mass is 10.1. The average molecular weight is 293 g/mol. The Morgan fingerprint density at radius 1 is 1.14 bits per heavy atom. The lowest BCUT2D eigenvalue weighted by molar-refractivity contribution is 0.0945. The Balaban J connectivity index is 1.58. The highest BCUT2D eigenvalue weighted by molar-refractivity contribution is 5.93. The van der Waals surface area contributed by atoms with Gasteiger partial charge < -0.3 is 9.84 Å². The van der Waals surface area contributed by atoms with E-state index >= 15 is 0 Å². The van der Waals surface area contributed by atoms with Crippen molar-refractivity contribution in [2.45, 2.75) is 6.42 Å². The number of aromatic nitrogens is 2. The van der Waals surface area contributed by atoms with Crippen molar-refractivity contribution in [1.29, 1.82) is 0 Å². The molecule has 3 aromatic rings. The number of carbonyl (C=O) groups excluding carboxylic acids is 1. The number of carbonyl (C=O) groups is 1. The Bertz CT molecular complexity index is 739. The smallest absolute Gasteiger partial charge is 0.273 e. The van der Waals surface area contributed by atoms with E-state index in [0.29, 0.717) is 12.3 Å². The second-order valence-electron chi connectivity index (χ2n) is 4.81. The number of nitrogens with one attached hydrogen (secondary N) is 1. The fourth-order valence-corrected chi connectivity index (χ4v) is 2.08. The maximum atomic E-state index is 12.0. The van der Waals surface area contributed by atoms with E-state index in [-0.39, 0.29) is 11.6 Å². The molecule has 0 saturated carbocycles. The molecule has 0 aliphatic heterocycles. The molecule has 5 heteroatoms. The minimum Gasteiger partial charge on any atom is -0.355 e. The Hall–Kier alpha value is -2.95. The van der Waals surface area contributed by atoms with Gasteiger partial charge >= 0.3 is 0 Å². The maximum Gasteiger partial charge on any atom is 0.273 e. The van der Waals surface area contributed by atoms with Gasteiger partial charge in [0, 0.05) is 30.6 Å². The van der Waals surface area contributed by atoms with Crippen LogP contribution in [0, 0.1) is 0 Å². The molecule has 0 aliphatic rings. The third kappa shape index (κ3) is 3.38. The fraction of sp³-hybridized carbons (Fsp3) is 0.118. The molecule has 22 heavy (non-hydrogen) atoms. The van der Waals surface area contributed by atoms with Crippen LogP contribution < -0.4 is 5.32 Å². The lowest BCUT2D eigenvalue weighted by Crippen LogP contribution is -2.25. The zero-order chi connectivity index (χ0) is 15.2. The van der Waals surface area contributed by atoms with Crippen molar-refractivity contribution in [3.05, 3.63) is 72.2 Å². The molecule has 0 atom stereocenters. The summed E-state index contributed by atoms with van der Waals surface area (Å²) in [4.78, 5) is 16.1. The molecule has 0 fully saturated rings. The highest BCUT2D eigenvalue weighted by atomic mass is 16.5. The Labute approximate surface area is 128 Å². The van der Waals surface area contributed by atoms with Gasteiger partial charge in [-0.05, 0) is 18.1 Å². The molecule has 2 aromatic heterocycles. The van der Waals surface area contributed by atoms with Crippen LogP contribution in [0.3, 0.4) is 0 Å². The Morgan fingerprint density at radius 3 is 2.77 bits per heavy atom. The first-order valence-electron chi connectivity index (χ1n) is 7.02. The summed E-state index contributed by atoms with van der Waals surface area (Å²) in [6.45, 7) is 0.526. The van der Waals surface area contributed by atoms with E-state index in [4.69, 9.17) is 4.52 Å². The standard InChI is InChI=1S/C17H15N3O2/c21-17(19-10-8-13-5-4-9-18-12-13)15-11-16(22-20-15)14-6-2-1-3-7-14/h1-7,9,11-12H,8,10H2,(H,19,21). The van der Waals surface area contributed by atoms with E-state index in [1.54, 1.807) is 18.5 Å². The second-order valence-corrected chi connectivity index (χ2v) is 4.81. The van der Waals surface area contributed by atoms with Gasteiger partial charge in [-0.2, -0.15) is 0 Å². The van der Waals surface area contributed by atoms with Crippen molar-refractivity contribution in [2.75, 3.05) is 6.54 Å². The van der Waals surface area contributed by atoms with Crippen molar-refractivity contribution < 1.29 is 9.32 Å². The summed E-state index contributed by atoms with van der Waals surface area (Å²) in [7, 11) is 0. The minimum atomic E-state index is -0.241. The van der Waals surface area contributed by atoms with Gasteiger partial charge in [-0.15, -0.1) is 0 Å². The molecule has 110 valence electrons. The van der Waals surface area contributed by atoms with Crippen molar-refractivity contribution in [2.24, 2.45) is 0 Å². The largest absolute Gasteiger partial charge is 0.355 e. The van der Waals surface area contributed by atoms with Crippen molar-refractivity contribution >= 4 is 5.91 Å². The van der Waals surface area contributed by atoms with Gasteiger partial charge in [0.05, 0.1) is 0 Å². The SMILES string of the molecule is O=C(NCCc1cccnc1)c1cc(-c2ccccc2)on1. The summed E-state index contributed by atoms with van der Waals surface area (Å²) >= 11 is 0. The third-order valence-electron chi connectivity index (χ3n) is 3.22. The van der Waals surface area contributed by atoms with Gasteiger partial charge in [-0.1, -0.05) is 41.6 Å². The van der Waals surface area contributed by atoms with Gasteiger partial charge in [0.25, 0.3) is 5.91 Å². The summed E-state index contributed by atoms with van der Waals surface area (Å²) in [6.07, 6.45) is 4.24. The predicted molar refractivity (Wildman–Crippen MR) is 82.2 cm³/mol. The molecule has 2 heterocycles. The zero-order valence-corrected chi connectivity index (χ0v) is 11.9. The monoisotopic (exact) mass is 293 g/mol. The van der Waals surface area contributed by atoms with Crippen LogP contribution in [-0.2, 0) is 6.42 Å². The molecule has 3 rings (SSSR count). The van der Waals surface area contributed by atoms with E-state index in [9.17, 15) is 4.79 Å². The number of hydrogen-bond donors (Lipinski definition) is 1. The van der Waals surface area contributed by atoms with Crippen LogP contribution in [0.25, 0.3) is 11.3 Å². The number of benzene rings is 1. The minimum absolute atomic E-state index is 0.241. The fourth-order valence-electron chi connectivity index (χ4n) is 2.08. The molecule has 0 radical (unpaired) electrons. The number of pyridine rings is 1. The van der Waals surface area contributed by atoms with Gasteiger partial charge in [0.1, 0.15) is 0 Å². The predicted octanol–water partition coefficient (Wildman–Crippen LogP) is 2.71. The molecule has 1 N–H and O–H groups in total. The first-order chi connectivity index (χ1) is 10.8. The molecule has 0 saturated heterocycles. The summed E-state index contributed by atoms with van der Waals surface area (Å²) < 4.78 is 5.22. The summed E-state index contributed by atoms with van der Waals surface area (Å²) in [5.41, 5.74) is 2.25. The maximum absolute atomic E-state index is 12.0. The number of rotatable bonds is 5. The third-order valence-corrected chi connectivity index (χ3v) is 3.22. The molecule has 0 bridgehead atoms. The first-order valence-corrected chi connectivity index (χ1v) is 7.02. The normalized spacial score (nSPS) is 10.4. The van der Waals surface area contributed by atoms with Crippen LogP contribution in [0.4, 0.5) is 0 Å². The molecular weight excluding hydrogens is 278 g/mol. The average Bonchev–Trinajstić information content (AvgIpc) is 3.07. The zero-order valence-electron chi connectivity index (χ0n) is 11.9. The molecule has 0 unspecified atom stereocenters. The van der Waals surface area contributed by atoms with Crippen LogP contribution in [0.5, 0.6) is 0 Å². The van der Waals surface area contributed by atoms with Gasteiger partial charge in [0.15, 0.2) is 11.5 Å². The van der Waals surface area contributed by atoms with Crippen LogP contribution in [0.15, 0.2) is 65.4 Å². The first kappa shape index (κ1) is 14.0. The van der Waals surface area contributed by atoms with E-state index in [2.05, 4.69) is 15.5 Å². The number of hydrogen-bond acceptors (Lipinski definition) is 4. The van der Waals surface area contributed by atoms with Crippen molar-refractivity contribution in [3.63, 3.8) is 0 Å².